The Balaban J connectivity index is 1.97. The van der Waals surface area contributed by atoms with Crippen LogP contribution in [0.1, 0.15) is 31.4 Å². The molecule has 2 rings (SSSR count). The van der Waals surface area contributed by atoms with Crippen molar-refractivity contribution in [3.8, 4) is 0 Å². The third kappa shape index (κ3) is 4.70. The van der Waals surface area contributed by atoms with E-state index in [-0.39, 0.29) is 18.6 Å². The SMILES string of the molecule is COCCOCC(=O)N(C1CC1)C(C)c1ccc(Cl)cc1. The van der Waals surface area contributed by atoms with Gasteiger partial charge in [0.1, 0.15) is 6.61 Å². The number of hydrogen-bond acceptors (Lipinski definition) is 3. The number of methoxy groups -OCH3 is 1. The molecule has 0 bridgehead atoms. The Morgan fingerprint density at radius 3 is 2.57 bits per heavy atom. The quantitative estimate of drug-likeness (QED) is 0.693. The van der Waals surface area contributed by atoms with Gasteiger partial charge in [0.2, 0.25) is 5.91 Å². The van der Waals surface area contributed by atoms with Crippen LogP contribution in [0.4, 0.5) is 0 Å². The molecule has 1 amide bonds. The molecule has 0 spiro atoms. The number of carbonyl (C=O) groups is 1. The van der Waals surface area contributed by atoms with Gasteiger partial charge < -0.3 is 14.4 Å². The molecule has 0 N–H and O–H groups in total. The van der Waals surface area contributed by atoms with Gasteiger partial charge >= 0.3 is 0 Å². The minimum absolute atomic E-state index is 0.0355. The van der Waals surface area contributed by atoms with Crippen LogP contribution in [-0.4, -0.2) is 43.8 Å². The fourth-order valence-corrected chi connectivity index (χ4v) is 2.49. The Kier molecular flexibility index (Phi) is 6.03. The maximum atomic E-state index is 12.4. The lowest BCUT2D eigenvalue weighted by molar-refractivity contribution is -0.139. The van der Waals surface area contributed by atoms with E-state index in [1.165, 1.54) is 0 Å². The van der Waals surface area contributed by atoms with E-state index in [4.69, 9.17) is 21.1 Å². The number of nitrogens with zero attached hydrogens (tertiary/aromatic N) is 1. The van der Waals surface area contributed by atoms with Crippen LogP contribution in [0.5, 0.6) is 0 Å². The zero-order valence-electron chi connectivity index (χ0n) is 12.5. The maximum absolute atomic E-state index is 12.4. The molecule has 1 fully saturated rings. The van der Waals surface area contributed by atoms with Crippen molar-refractivity contribution < 1.29 is 14.3 Å². The van der Waals surface area contributed by atoms with Gasteiger partial charge in [-0.3, -0.25) is 4.79 Å². The van der Waals surface area contributed by atoms with E-state index in [2.05, 4.69) is 6.92 Å². The van der Waals surface area contributed by atoms with Gasteiger partial charge in [-0.15, -0.1) is 0 Å². The molecule has 1 aliphatic rings. The Hall–Kier alpha value is -1.10. The van der Waals surface area contributed by atoms with Gasteiger partial charge in [-0.2, -0.15) is 0 Å². The summed E-state index contributed by atoms with van der Waals surface area (Å²) in [5, 5.41) is 0.707. The first-order valence-electron chi connectivity index (χ1n) is 7.26. The fourth-order valence-electron chi connectivity index (χ4n) is 2.37. The van der Waals surface area contributed by atoms with Gasteiger partial charge in [-0.25, -0.2) is 0 Å². The van der Waals surface area contributed by atoms with Crippen LogP contribution in [-0.2, 0) is 14.3 Å². The van der Waals surface area contributed by atoms with Gasteiger partial charge in [0.25, 0.3) is 0 Å². The highest BCUT2D eigenvalue weighted by atomic mass is 35.5. The summed E-state index contributed by atoms with van der Waals surface area (Å²) in [6.45, 7) is 3.10. The highest BCUT2D eigenvalue weighted by molar-refractivity contribution is 6.30. The van der Waals surface area contributed by atoms with Crippen LogP contribution >= 0.6 is 11.6 Å². The predicted octanol–water partition coefficient (Wildman–Crippen LogP) is 3.06. The molecule has 0 saturated heterocycles. The second-order valence-corrected chi connectivity index (χ2v) is 5.74. The second-order valence-electron chi connectivity index (χ2n) is 5.31. The van der Waals surface area contributed by atoms with E-state index in [9.17, 15) is 4.79 Å². The largest absolute Gasteiger partial charge is 0.382 e. The smallest absolute Gasteiger partial charge is 0.249 e. The first-order chi connectivity index (χ1) is 10.1. The van der Waals surface area contributed by atoms with Crippen molar-refractivity contribution in [2.45, 2.75) is 31.8 Å². The van der Waals surface area contributed by atoms with Gasteiger partial charge in [-0.1, -0.05) is 23.7 Å². The molecule has 116 valence electrons. The highest BCUT2D eigenvalue weighted by Gasteiger charge is 2.36. The zero-order valence-corrected chi connectivity index (χ0v) is 13.3. The van der Waals surface area contributed by atoms with E-state index in [1.807, 2.05) is 29.2 Å². The van der Waals surface area contributed by atoms with Crippen LogP contribution in [0, 0.1) is 0 Å². The van der Waals surface area contributed by atoms with Crippen molar-refractivity contribution in [1.29, 1.82) is 0 Å². The number of amides is 1. The summed E-state index contributed by atoms with van der Waals surface area (Å²) in [6, 6.07) is 8.04. The number of hydrogen-bond donors (Lipinski definition) is 0. The Bertz CT molecular complexity index is 459. The second kappa shape index (κ2) is 7.78. The number of carbonyl (C=O) groups excluding carboxylic acids is 1. The molecule has 21 heavy (non-hydrogen) atoms. The lowest BCUT2D eigenvalue weighted by Gasteiger charge is -2.29. The molecule has 1 atom stereocenters. The summed E-state index contributed by atoms with van der Waals surface area (Å²) in [7, 11) is 1.62. The van der Waals surface area contributed by atoms with Crippen LogP contribution < -0.4 is 0 Å². The monoisotopic (exact) mass is 311 g/mol. The molecule has 1 aromatic rings. The third-order valence-corrected chi connectivity index (χ3v) is 3.91. The van der Waals surface area contributed by atoms with Gasteiger partial charge in [0.15, 0.2) is 0 Å². The van der Waals surface area contributed by atoms with Crippen LogP contribution in [0.2, 0.25) is 5.02 Å². The summed E-state index contributed by atoms with van der Waals surface area (Å²) < 4.78 is 10.3. The Morgan fingerprint density at radius 1 is 1.33 bits per heavy atom. The molecule has 1 aliphatic carbocycles. The van der Waals surface area contributed by atoms with Crippen LogP contribution in [0.25, 0.3) is 0 Å². The summed E-state index contributed by atoms with van der Waals surface area (Å²) >= 11 is 5.92. The van der Waals surface area contributed by atoms with E-state index in [1.54, 1.807) is 7.11 Å². The maximum Gasteiger partial charge on any atom is 0.249 e. The first-order valence-corrected chi connectivity index (χ1v) is 7.64. The lowest BCUT2D eigenvalue weighted by Crippen LogP contribution is -2.38. The van der Waals surface area contributed by atoms with Gasteiger partial charge in [0, 0.05) is 18.2 Å². The summed E-state index contributed by atoms with van der Waals surface area (Å²) in [4.78, 5) is 14.3. The molecule has 5 heteroatoms. The Labute approximate surface area is 131 Å². The molecule has 1 aromatic carbocycles. The standard InChI is InChI=1S/C16H22ClNO3/c1-12(13-3-5-14(17)6-4-13)18(15-7-8-15)16(19)11-21-10-9-20-2/h3-6,12,15H,7-11H2,1-2H3. The van der Waals surface area contributed by atoms with Gasteiger partial charge in [0.05, 0.1) is 19.3 Å². The zero-order chi connectivity index (χ0) is 15.2. The molecule has 0 heterocycles. The van der Waals surface area contributed by atoms with E-state index in [0.717, 1.165) is 18.4 Å². The van der Waals surface area contributed by atoms with E-state index >= 15 is 0 Å². The third-order valence-electron chi connectivity index (χ3n) is 3.66. The van der Waals surface area contributed by atoms with Crippen LogP contribution in [0.3, 0.4) is 0 Å². The predicted molar refractivity (Wildman–Crippen MR) is 82.4 cm³/mol. The first kappa shape index (κ1) is 16.3. The van der Waals surface area contributed by atoms with Crippen molar-refractivity contribution in [3.63, 3.8) is 0 Å². The minimum Gasteiger partial charge on any atom is -0.382 e. The average molecular weight is 312 g/mol. The number of rotatable bonds is 8. The normalized spacial score (nSPS) is 15.8. The molecule has 1 unspecified atom stereocenters. The van der Waals surface area contributed by atoms with Crippen molar-refractivity contribution in [2.24, 2.45) is 0 Å². The number of benzene rings is 1. The fraction of sp³-hybridized carbons (Fsp3) is 0.562. The molecule has 0 radical (unpaired) electrons. The van der Waals surface area contributed by atoms with Crippen LogP contribution in [0.15, 0.2) is 24.3 Å². The molecule has 0 aliphatic heterocycles. The molecule has 4 nitrogen and oxygen atoms in total. The van der Waals surface area contributed by atoms with Crippen molar-refractivity contribution in [1.82, 2.24) is 4.90 Å². The molecular weight excluding hydrogens is 290 g/mol. The van der Waals surface area contributed by atoms with Crippen molar-refractivity contribution >= 4 is 17.5 Å². The summed E-state index contributed by atoms with van der Waals surface area (Å²) in [5.74, 6) is 0.0380. The molecule has 0 aromatic heterocycles. The summed E-state index contributed by atoms with van der Waals surface area (Å²) in [5.41, 5.74) is 1.09. The van der Waals surface area contributed by atoms with E-state index in [0.29, 0.717) is 24.3 Å². The summed E-state index contributed by atoms with van der Waals surface area (Å²) in [6.07, 6.45) is 2.14. The van der Waals surface area contributed by atoms with Crippen molar-refractivity contribution in [2.75, 3.05) is 26.9 Å². The Morgan fingerprint density at radius 2 is 2.00 bits per heavy atom. The topological polar surface area (TPSA) is 38.8 Å². The highest BCUT2D eigenvalue weighted by Crippen LogP contribution is 2.34. The minimum atomic E-state index is 0.0355. The molecular formula is C16H22ClNO3. The van der Waals surface area contributed by atoms with Gasteiger partial charge in [-0.05, 0) is 37.5 Å². The lowest BCUT2D eigenvalue weighted by atomic mass is 10.1. The average Bonchev–Trinajstić information content (AvgIpc) is 3.29. The van der Waals surface area contributed by atoms with Crippen molar-refractivity contribution in [3.05, 3.63) is 34.9 Å². The molecule has 1 saturated carbocycles. The van der Waals surface area contributed by atoms with E-state index < -0.39 is 0 Å². The number of halogens is 1. The number of ether oxygens (including phenoxy) is 2.